The third kappa shape index (κ3) is 4.55. The van der Waals surface area contributed by atoms with Crippen LogP contribution in [0.2, 0.25) is 0 Å². The van der Waals surface area contributed by atoms with Crippen molar-refractivity contribution in [3.63, 3.8) is 0 Å². The van der Waals surface area contributed by atoms with Gasteiger partial charge in [0.05, 0.1) is 5.56 Å². The van der Waals surface area contributed by atoms with E-state index in [1.807, 2.05) is 0 Å². The molecular formula is C23H20O11S. The second kappa shape index (κ2) is 8.47. The molecule has 1 heterocycles. The minimum absolute atomic E-state index is 0.0574. The zero-order chi connectivity index (χ0) is 25.7. The molecule has 0 amide bonds. The number of aromatic hydroxyl groups is 6. The quantitative estimate of drug-likeness (QED) is 0.225. The first-order valence-electron chi connectivity index (χ1n) is 10.1. The molecule has 6 N–H and O–H groups in total. The Labute approximate surface area is 198 Å². The zero-order valence-electron chi connectivity index (χ0n) is 18.0. The van der Waals surface area contributed by atoms with E-state index in [4.69, 9.17) is 9.47 Å². The highest BCUT2D eigenvalue weighted by Crippen LogP contribution is 2.45. The van der Waals surface area contributed by atoms with Crippen molar-refractivity contribution in [2.24, 2.45) is 0 Å². The number of benzene rings is 3. The Kier molecular flexibility index (Phi) is 5.77. The molecule has 2 atom stereocenters. The van der Waals surface area contributed by atoms with Gasteiger partial charge in [-0.3, -0.25) is 0 Å². The SMILES string of the molecule is CS(=O)(=O)c1ccc(C(=O)OC2Cc3c(O)cc(O)cc3O[C@@H]2c2cc(O)c(O)c(O)c2)cc1O. The van der Waals surface area contributed by atoms with E-state index in [1.54, 1.807) is 0 Å². The van der Waals surface area contributed by atoms with Crippen LogP contribution in [0, 0.1) is 0 Å². The lowest BCUT2D eigenvalue weighted by Gasteiger charge is -2.34. The summed E-state index contributed by atoms with van der Waals surface area (Å²) in [5.74, 6) is -4.28. The van der Waals surface area contributed by atoms with Gasteiger partial charge in [-0.1, -0.05) is 0 Å². The number of rotatable bonds is 4. The molecule has 12 heteroatoms. The van der Waals surface area contributed by atoms with Gasteiger partial charge in [0.1, 0.15) is 34.0 Å². The van der Waals surface area contributed by atoms with Crippen LogP contribution in [-0.4, -0.2) is 57.4 Å². The lowest BCUT2D eigenvalue weighted by atomic mass is 9.93. The highest BCUT2D eigenvalue weighted by molar-refractivity contribution is 7.90. The van der Waals surface area contributed by atoms with Crippen molar-refractivity contribution in [1.82, 2.24) is 0 Å². The number of ether oxygens (including phenoxy) is 2. The number of hydrogen-bond donors (Lipinski definition) is 6. The van der Waals surface area contributed by atoms with Gasteiger partial charge in [0, 0.05) is 35.9 Å². The molecule has 4 rings (SSSR count). The van der Waals surface area contributed by atoms with Crippen LogP contribution in [0.1, 0.15) is 27.6 Å². The summed E-state index contributed by atoms with van der Waals surface area (Å²) in [6.45, 7) is 0. The van der Waals surface area contributed by atoms with E-state index in [0.29, 0.717) is 0 Å². The Bertz CT molecular complexity index is 1420. The van der Waals surface area contributed by atoms with Crippen molar-refractivity contribution in [3.8, 4) is 40.2 Å². The summed E-state index contributed by atoms with van der Waals surface area (Å²) in [7, 11) is -3.74. The first kappa shape index (κ1) is 23.8. The van der Waals surface area contributed by atoms with Crippen LogP contribution >= 0.6 is 0 Å². The van der Waals surface area contributed by atoms with Gasteiger partial charge in [-0.2, -0.15) is 0 Å². The smallest absolute Gasteiger partial charge is 0.338 e. The van der Waals surface area contributed by atoms with E-state index < -0.39 is 51.0 Å². The number of hydrogen-bond acceptors (Lipinski definition) is 11. The van der Waals surface area contributed by atoms with Crippen molar-refractivity contribution in [1.29, 1.82) is 0 Å². The summed E-state index contributed by atoms with van der Waals surface area (Å²) >= 11 is 0. The lowest BCUT2D eigenvalue weighted by molar-refractivity contribution is -0.0189. The molecule has 1 aliphatic heterocycles. The average molecular weight is 504 g/mol. The van der Waals surface area contributed by atoms with Gasteiger partial charge >= 0.3 is 5.97 Å². The fraction of sp³-hybridized carbons (Fsp3) is 0.174. The molecule has 0 radical (unpaired) electrons. The molecule has 1 aliphatic rings. The van der Waals surface area contributed by atoms with Gasteiger partial charge in [-0.05, 0) is 30.3 Å². The summed E-state index contributed by atoms with van der Waals surface area (Å²) in [5.41, 5.74) is 0.129. The summed E-state index contributed by atoms with van der Waals surface area (Å²) in [5, 5.41) is 59.6. The Hall–Kier alpha value is -4.32. The van der Waals surface area contributed by atoms with Gasteiger partial charge in [0.15, 0.2) is 33.2 Å². The lowest BCUT2D eigenvalue weighted by Crippen LogP contribution is -2.34. The Balaban J connectivity index is 1.72. The average Bonchev–Trinajstić information content (AvgIpc) is 2.76. The molecule has 0 saturated carbocycles. The number of esters is 1. The monoisotopic (exact) mass is 504 g/mol. The molecule has 0 aliphatic carbocycles. The van der Waals surface area contributed by atoms with Crippen LogP contribution in [0.3, 0.4) is 0 Å². The van der Waals surface area contributed by atoms with Crippen molar-refractivity contribution >= 4 is 15.8 Å². The zero-order valence-corrected chi connectivity index (χ0v) is 18.9. The maximum Gasteiger partial charge on any atom is 0.338 e. The van der Waals surface area contributed by atoms with Gasteiger partial charge < -0.3 is 40.1 Å². The molecule has 3 aromatic rings. The van der Waals surface area contributed by atoms with Crippen LogP contribution in [0.5, 0.6) is 40.2 Å². The number of sulfone groups is 1. The number of phenolic OH excluding ortho intramolecular Hbond substituents is 6. The van der Waals surface area contributed by atoms with E-state index >= 15 is 0 Å². The molecular weight excluding hydrogens is 484 g/mol. The van der Waals surface area contributed by atoms with Gasteiger partial charge in [0.25, 0.3) is 0 Å². The number of carbonyl (C=O) groups is 1. The maximum absolute atomic E-state index is 12.9. The van der Waals surface area contributed by atoms with E-state index in [2.05, 4.69) is 0 Å². The third-order valence-corrected chi connectivity index (χ3v) is 6.58. The molecule has 184 valence electrons. The second-order valence-electron chi connectivity index (χ2n) is 7.99. The van der Waals surface area contributed by atoms with Crippen LogP contribution < -0.4 is 4.74 Å². The summed E-state index contributed by atoms with van der Waals surface area (Å²) in [6, 6.07) is 7.60. The van der Waals surface area contributed by atoms with Gasteiger partial charge in [-0.25, -0.2) is 13.2 Å². The maximum atomic E-state index is 12.9. The largest absolute Gasteiger partial charge is 0.508 e. The fourth-order valence-corrected chi connectivity index (χ4v) is 4.54. The Morgan fingerprint density at radius 2 is 1.57 bits per heavy atom. The summed E-state index contributed by atoms with van der Waals surface area (Å²) < 4.78 is 34.8. The topological polar surface area (TPSA) is 191 Å². The molecule has 0 aromatic heterocycles. The third-order valence-electron chi connectivity index (χ3n) is 5.44. The van der Waals surface area contributed by atoms with Crippen molar-refractivity contribution in [2.45, 2.75) is 23.5 Å². The summed E-state index contributed by atoms with van der Waals surface area (Å²) in [4.78, 5) is 12.5. The van der Waals surface area contributed by atoms with Crippen molar-refractivity contribution < 1.29 is 53.3 Å². The van der Waals surface area contributed by atoms with E-state index in [-0.39, 0.29) is 45.3 Å². The minimum Gasteiger partial charge on any atom is -0.508 e. The van der Waals surface area contributed by atoms with Crippen molar-refractivity contribution in [2.75, 3.05) is 6.26 Å². The van der Waals surface area contributed by atoms with Gasteiger partial charge in [0.2, 0.25) is 0 Å². The van der Waals surface area contributed by atoms with E-state index in [0.717, 1.165) is 42.7 Å². The molecule has 0 saturated heterocycles. The highest BCUT2D eigenvalue weighted by atomic mass is 32.2. The molecule has 1 unspecified atom stereocenters. The Morgan fingerprint density at radius 1 is 0.914 bits per heavy atom. The second-order valence-corrected chi connectivity index (χ2v) is 9.97. The van der Waals surface area contributed by atoms with Crippen molar-refractivity contribution in [3.05, 3.63) is 59.2 Å². The molecule has 0 spiro atoms. The number of fused-ring (bicyclic) bond motifs is 1. The van der Waals surface area contributed by atoms with E-state index in [9.17, 15) is 43.9 Å². The van der Waals surface area contributed by atoms with Crippen LogP contribution in [0.15, 0.2) is 47.4 Å². The molecule has 0 fully saturated rings. The molecule has 0 bridgehead atoms. The standard InChI is InChI=1S/C23H20O11S/c1-35(31,32)20-3-2-10(4-15(20)26)23(30)34-19-9-13-14(25)7-12(24)8-18(13)33-22(19)11-5-16(27)21(29)17(28)6-11/h2-8,19,22,24-29H,9H2,1H3/t19?,22-/m1/s1. The molecule has 35 heavy (non-hydrogen) atoms. The predicted molar refractivity (Wildman–Crippen MR) is 119 cm³/mol. The molecule has 3 aromatic carbocycles. The number of phenols is 6. The van der Waals surface area contributed by atoms with Crippen LogP contribution in [0.25, 0.3) is 0 Å². The minimum atomic E-state index is -3.74. The van der Waals surface area contributed by atoms with Crippen LogP contribution in [-0.2, 0) is 21.0 Å². The Morgan fingerprint density at radius 3 is 2.17 bits per heavy atom. The predicted octanol–water partition coefficient (Wildman–Crippen LogP) is 2.23. The van der Waals surface area contributed by atoms with Gasteiger partial charge in [-0.15, -0.1) is 0 Å². The fourth-order valence-electron chi connectivity index (χ4n) is 3.79. The van der Waals surface area contributed by atoms with Crippen LogP contribution in [0.4, 0.5) is 0 Å². The molecule has 11 nitrogen and oxygen atoms in total. The van der Waals surface area contributed by atoms with E-state index in [1.165, 1.54) is 6.07 Å². The first-order valence-corrected chi connectivity index (χ1v) is 11.9. The first-order chi connectivity index (χ1) is 16.3. The normalized spacial score (nSPS) is 17.3. The highest BCUT2D eigenvalue weighted by Gasteiger charge is 2.37. The number of carbonyl (C=O) groups excluding carboxylic acids is 1. The summed E-state index contributed by atoms with van der Waals surface area (Å²) in [6.07, 6.45) is -1.55.